The Morgan fingerprint density at radius 3 is 2.31 bits per heavy atom. The highest BCUT2D eigenvalue weighted by Gasteiger charge is 2.54. The Morgan fingerprint density at radius 1 is 1.00 bits per heavy atom. The van der Waals surface area contributed by atoms with Crippen molar-refractivity contribution in [3.8, 4) is 0 Å². The highest BCUT2D eigenvalue weighted by molar-refractivity contribution is 6.07. The molecule has 2 N–H and O–H groups in total. The second-order valence-electron chi connectivity index (χ2n) is 7.38. The summed E-state index contributed by atoms with van der Waals surface area (Å²) < 4.78 is 0. The molecule has 7 amide bonds. The lowest BCUT2D eigenvalue weighted by Crippen LogP contribution is -2.58. The number of piperidine rings is 1. The molecule has 3 fully saturated rings. The Bertz CT molecular complexity index is 862. The maximum atomic E-state index is 12.6. The van der Waals surface area contributed by atoms with Crippen molar-refractivity contribution < 1.29 is 24.0 Å². The van der Waals surface area contributed by atoms with Crippen molar-refractivity contribution in [3.05, 3.63) is 35.9 Å². The van der Waals surface area contributed by atoms with E-state index < -0.39 is 23.5 Å². The van der Waals surface area contributed by atoms with E-state index in [-0.39, 0.29) is 38.0 Å². The highest BCUT2D eigenvalue weighted by atomic mass is 16.2. The van der Waals surface area contributed by atoms with Crippen molar-refractivity contribution in [1.29, 1.82) is 0 Å². The number of amides is 7. The molecule has 4 rings (SSSR count). The third-order valence-corrected chi connectivity index (χ3v) is 5.76. The van der Waals surface area contributed by atoms with Crippen LogP contribution in [-0.4, -0.2) is 76.2 Å². The lowest BCUT2D eigenvalue weighted by molar-refractivity contribution is -0.140. The first-order chi connectivity index (χ1) is 13.9. The molecule has 29 heavy (non-hydrogen) atoms. The predicted molar refractivity (Wildman–Crippen MR) is 99.2 cm³/mol. The maximum absolute atomic E-state index is 12.6. The maximum Gasteiger partial charge on any atom is 0.325 e. The largest absolute Gasteiger partial charge is 0.341 e. The number of nitrogens with one attached hydrogen (secondary N) is 2. The van der Waals surface area contributed by atoms with Crippen molar-refractivity contribution in [2.24, 2.45) is 0 Å². The molecule has 1 aromatic carbocycles. The summed E-state index contributed by atoms with van der Waals surface area (Å²) in [4.78, 5) is 64.8. The molecule has 1 spiro atoms. The molecule has 0 bridgehead atoms. The van der Waals surface area contributed by atoms with Crippen molar-refractivity contribution >= 4 is 29.8 Å². The van der Waals surface area contributed by atoms with Gasteiger partial charge in [-0.3, -0.25) is 24.6 Å². The van der Waals surface area contributed by atoms with Crippen LogP contribution < -0.4 is 10.6 Å². The number of carbonyl (C=O) groups excluding carboxylic acids is 5. The zero-order valence-corrected chi connectivity index (χ0v) is 15.7. The standard InChI is InChI=1S/C19H21N5O5/c25-14-10-20-17(28)23(14)12-15(26)22-8-6-19(7-9-22)16(27)21-18(29)24(19)11-13-4-2-1-3-5-13/h1-5H,6-12H2,(H,20,28)(H,21,27,29). The third kappa shape index (κ3) is 3.30. The molecule has 3 saturated heterocycles. The van der Waals surface area contributed by atoms with Gasteiger partial charge in [-0.1, -0.05) is 30.3 Å². The Kier molecular flexibility index (Phi) is 4.69. The van der Waals surface area contributed by atoms with Crippen molar-refractivity contribution in [1.82, 2.24) is 25.3 Å². The summed E-state index contributed by atoms with van der Waals surface area (Å²) in [5.41, 5.74) is -0.0846. The van der Waals surface area contributed by atoms with Gasteiger partial charge in [-0.2, -0.15) is 0 Å². The molecule has 152 valence electrons. The van der Waals surface area contributed by atoms with E-state index in [1.165, 1.54) is 4.90 Å². The van der Waals surface area contributed by atoms with Crippen LogP contribution in [0.2, 0.25) is 0 Å². The summed E-state index contributed by atoms with van der Waals surface area (Å²) in [6, 6.07) is 8.39. The molecule has 0 aromatic heterocycles. The molecule has 10 nitrogen and oxygen atoms in total. The second kappa shape index (κ2) is 7.19. The predicted octanol–water partition coefficient (Wildman–Crippen LogP) is -0.349. The van der Waals surface area contributed by atoms with Gasteiger partial charge in [0.1, 0.15) is 12.1 Å². The molecular weight excluding hydrogens is 378 g/mol. The number of imide groups is 2. The summed E-state index contributed by atoms with van der Waals surface area (Å²) in [5, 5.41) is 4.78. The van der Waals surface area contributed by atoms with Gasteiger partial charge >= 0.3 is 12.1 Å². The average molecular weight is 399 g/mol. The third-order valence-electron chi connectivity index (χ3n) is 5.76. The Hall–Kier alpha value is -3.43. The quantitative estimate of drug-likeness (QED) is 0.671. The number of urea groups is 2. The van der Waals surface area contributed by atoms with Gasteiger partial charge < -0.3 is 15.1 Å². The number of carbonyl (C=O) groups is 5. The Labute approximate surface area is 166 Å². The number of benzene rings is 1. The molecule has 0 saturated carbocycles. The molecule has 3 heterocycles. The first-order valence-electron chi connectivity index (χ1n) is 9.44. The van der Waals surface area contributed by atoms with Gasteiger partial charge in [0.2, 0.25) is 5.91 Å². The number of likely N-dealkylation sites (tertiary alicyclic amines) is 1. The van der Waals surface area contributed by atoms with Crippen molar-refractivity contribution in [2.45, 2.75) is 24.9 Å². The summed E-state index contributed by atoms with van der Waals surface area (Å²) in [7, 11) is 0. The minimum absolute atomic E-state index is 0.105. The van der Waals surface area contributed by atoms with Gasteiger partial charge in [-0.05, 0) is 18.4 Å². The van der Waals surface area contributed by atoms with Gasteiger partial charge in [0.15, 0.2) is 0 Å². The number of nitrogens with zero attached hydrogens (tertiary/aromatic N) is 3. The van der Waals surface area contributed by atoms with E-state index in [4.69, 9.17) is 0 Å². The molecule has 0 aliphatic carbocycles. The average Bonchev–Trinajstić information content (AvgIpc) is 3.15. The first-order valence-corrected chi connectivity index (χ1v) is 9.44. The van der Waals surface area contributed by atoms with Crippen LogP contribution in [0, 0.1) is 0 Å². The van der Waals surface area contributed by atoms with E-state index in [2.05, 4.69) is 10.6 Å². The Balaban J connectivity index is 1.44. The second-order valence-corrected chi connectivity index (χ2v) is 7.38. The fourth-order valence-corrected chi connectivity index (χ4v) is 4.06. The number of hydrogen-bond donors (Lipinski definition) is 2. The van der Waals surface area contributed by atoms with E-state index >= 15 is 0 Å². The van der Waals surface area contributed by atoms with Crippen LogP contribution in [-0.2, 0) is 20.9 Å². The van der Waals surface area contributed by atoms with Crippen LogP contribution in [0.5, 0.6) is 0 Å². The molecule has 0 unspecified atom stereocenters. The van der Waals surface area contributed by atoms with Crippen molar-refractivity contribution in [3.63, 3.8) is 0 Å². The fraction of sp³-hybridized carbons (Fsp3) is 0.421. The molecule has 3 aliphatic heterocycles. The molecular formula is C19H21N5O5. The molecule has 0 radical (unpaired) electrons. The van der Waals surface area contributed by atoms with Crippen LogP contribution in [0.25, 0.3) is 0 Å². The zero-order valence-electron chi connectivity index (χ0n) is 15.7. The van der Waals surface area contributed by atoms with Gasteiger partial charge in [0.25, 0.3) is 11.8 Å². The zero-order chi connectivity index (χ0) is 20.6. The number of hydrogen-bond acceptors (Lipinski definition) is 5. The molecule has 1 aromatic rings. The summed E-state index contributed by atoms with van der Waals surface area (Å²) in [6.07, 6.45) is 0.590. The minimum Gasteiger partial charge on any atom is -0.341 e. The van der Waals surface area contributed by atoms with Crippen LogP contribution in [0.15, 0.2) is 30.3 Å². The normalized spacial score (nSPS) is 21.0. The lowest BCUT2D eigenvalue weighted by atomic mass is 9.85. The summed E-state index contributed by atoms with van der Waals surface area (Å²) in [5.74, 6) is -1.14. The highest BCUT2D eigenvalue weighted by Crippen LogP contribution is 2.34. The molecule has 10 heteroatoms. The van der Waals surface area contributed by atoms with Crippen LogP contribution in [0.4, 0.5) is 9.59 Å². The minimum atomic E-state index is -0.995. The van der Waals surface area contributed by atoms with E-state index in [1.54, 1.807) is 4.90 Å². The monoisotopic (exact) mass is 399 g/mol. The van der Waals surface area contributed by atoms with Crippen molar-refractivity contribution in [2.75, 3.05) is 26.2 Å². The van der Waals surface area contributed by atoms with E-state index in [0.29, 0.717) is 19.4 Å². The number of rotatable bonds is 4. The van der Waals surface area contributed by atoms with Crippen LogP contribution >= 0.6 is 0 Å². The smallest absolute Gasteiger partial charge is 0.325 e. The Morgan fingerprint density at radius 2 is 1.69 bits per heavy atom. The lowest BCUT2D eigenvalue weighted by Gasteiger charge is -2.42. The van der Waals surface area contributed by atoms with E-state index in [9.17, 15) is 24.0 Å². The van der Waals surface area contributed by atoms with Gasteiger partial charge in [0.05, 0.1) is 6.54 Å². The van der Waals surface area contributed by atoms with E-state index in [0.717, 1.165) is 10.5 Å². The van der Waals surface area contributed by atoms with E-state index in [1.807, 2.05) is 30.3 Å². The summed E-state index contributed by atoms with van der Waals surface area (Å²) in [6.45, 7) is 0.389. The van der Waals surface area contributed by atoms with Crippen LogP contribution in [0.3, 0.4) is 0 Å². The summed E-state index contributed by atoms with van der Waals surface area (Å²) >= 11 is 0. The van der Waals surface area contributed by atoms with Gasteiger partial charge in [-0.15, -0.1) is 0 Å². The fourth-order valence-electron chi connectivity index (χ4n) is 4.06. The first kappa shape index (κ1) is 18.9. The topological polar surface area (TPSA) is 119 Å². The van der Waals surface area contributed by atoms with Crippen LogP contribution in [0.1, 0.15) is 18.4 Å². The molecule has 3 aliphatic rings. The van der Waals surface area contributed by atoms with Gasteiger partial charge in [0, 0.05) is 19.6 Å². The SMILES string of the molecule is O=C(CN1C(=O)CNC1=O)N1CCC2(CC1)C(=O)NC(=O)N2Cc1ccccc1. The van der Waals surface area contributed by atoms with Gasteiger partial charge in [-0.25, -0.2) is 9.59 Å². The molecule has 0 atom stereocenters.